The highest BCUT2D eigenvalue weighted by molar-refractivity contribution is 9.10. The first-order valence-electron chi connectivity index (χ1n) is 5.34. The SMILES string of the molecule is CNC(c1cc(Br)ccc1OC)C(C)CN. The average molecular weight is 287 g/mol. The maximum Gasteiger partial charge on any atom is 0.123 e. The molecular weight excluding hydrogens is 268 g/mol. The Kier molecular flexibility index (Phi) is 5.25. The molecule has 2 unspecified atom stereocenters. The van der Waals surface area contributed by atoms with Gasteiger partial charge in [-0.3, -0.25) is 0 Å². The molecule has 0 aromatic heterocycles. The van der Waals surface area contributed by atoms with Crippen molar-refractivity contribution in [3.63, 3.8) is 0 Å². The lowest BCUT2D eigenvalue weighted by atomic mass is 9.94. The van der Waals surface area contributed by atoms with Crippen LogP contribution in [0.25, 0.3) is 0 Å². The minimum absolute atomic E-state index is 0.206. The molecule has 1 rings (SSSR count). The monoisotopic (exact) mass is 286 g/mol. The fourth-order valence-electron chi connectivity index (χ4n) is 1.83. The van der Waals surface area contributed by atoms with Crippen LogP contribution < -0.4 is 15.8 Å². The average Bonchev–Trinajstić information content (AvgIpc) is 2.30. The van der Waals surface area contributed by atoms with Crippen LogP contribution in [-0.2, 0) is 0 Å². The molecule has 0 heterocycles. The molecule has 2 atom stereocenters. The third-order valence-corrected chi connectivity index (χ3v) is 3.27. The number of benzene rings is 1. The van der Waals surface area contributed by atoms with Crippen LogP contribution in [0.2, 0.25) is 0 Å². The second kappa shape index (κ2) is 6.23. The van der Waals surface area contributed by atoms with Crippen molar-refractivity contribution in [2.45, 2.75) is 13.0 Å². The van der Waals surface area contributed by atoms with Crippen LogP contribution in [0.5, 0.6) is 5.75 Å². The molecule has 0 fully saturated rings. The molecule has 1 aromatic carbocycles. The lowest BCUT2D eigenvalue weighted by molar-refractivity contribution is 0.373. The van der Waals surface area contributed by atoms with E-state index in [1.54, 1.807) is 7.11 Å². The Morgan fingerprint density at radius 1 is 1.50 bits per heavy atom. The van der Waals surface area contributed by atoms with E-state index in [0.29, 0.717) is 12.5 Å². The Bertz CT molecular complexity index is 344. The van der Waals surface area contributed by atoms with Gasteiger partial charge >= 0.3 is 0 Å². The van der Waals surface area contributed by atoms with Gasteiger partial charge in [0.05, 0.1) is 7.11 Å². The molecule has 0 aliphatic carbocycles. The van der Waals surface area contributed by atoms with Crippen LogP contribution in [0.1, 0.15) is 18.5 Å². The largest absolute Gasteiger partial charge is 0.496 e. The van der Waals surface area contributed by atoms with Gasteiger partial charge in [0, 0.05) is 16.1 Å². The zero-order valence-corrected chi connectivity index (χ0v) is 11.5. The Balaban J connectivity index is 3.11. The van der Waals surface area contributed by atoms with Crippen molar-refractivity contribution in [3.05, 3.63) is 28.2 Å². The number of ether oxygens (including phenoxy) is 1. The Morgan fingerprint density at radius 3 is 2.69 bits per heavy atom. The first kappa shape index (κ1) is 13.5. The lowest BCUT2D eigenvalue weighted by Crippen LogP contribution is -2.28. The molecule has 0 saturated heterocycles. The topological polar surface area (TPSA) is 47.3 Å². The fourth-order valence-corrected chi connectivity index (χ4v) is 2.21. The van der Waals surface area contributed by atoms with Crippen molar-refractivity contribution in [1.82, 2.24) is 5.32 Å². The highest BCUT2D eigenvalue weighted by Gasteiger charge is 2.20. The zero-order valence-electron chi connectivity index (χ0n) is 9.96. The van der Waals surface area contributed by atoms with Gasteiger partial charge < -0.3 is 15.8 Å². The van der Waals surface area contributed by atoms with E-state index in [0.717, 1.165) is 15.8 Å². The van der Waals surface area contributed by atoms with Gasteiger partial charge in [-0.15, -0.1) is 0 Å². The summed E-state index contributed by atoms with van der Waals surface area (Å²) in [5.41, 5.74) is 6.86. The Hall–Kier alpha value is -0.580. The van der Waals surface area contributed by atoms with E-state index in [1.807, 2.05) is 19.2 Å². The van der Waals surface area contributed by atoms with Gasteiger partial charge in [0.25, 0.3) is 0 Å². The highest BCUT2D eigenvalue weighted by Crippen LogP contribution is 2.31. The van der Waals surface area contributed by atoms with Gasteiger partial charge in [0.1, 0.15) is 5.75 Å². The molecule has 1 aromatic rings. The van der Waals surface area contributed by atoms with E-state index in [4.69, 9.17) is 10.5 Å². The molecule has 3 N–H and O–H groups in total. The number of hydrogen-bond donors (Lipinski definition) is 2. The van der Waals surface area contributed by atoms with Crippen LogP contribution >= 0.6 is 15.9 Å². The van der Waals surface area contributed by atoms with Crippen LogP contribution in [0.15, 0.2) is 22.7 Å². The number of nitrogens with one attached hydrogen (secondary N) is 1. The summed E-state index contributed by atoms with van der Waals surface area (Å²) in [7, 11) is 3.63. The van der Waals surface area contributed by atoms with Crippen molar-refractivity contribution >= 4 is 15.9 Å². The normalized spacial score (nSPS) is 14.6. The van der Waals surface area contributed by atoms with Crippen LogP contribution in [-0.4, -0.2) is 20.7 Å². The summed E-state index contributed by atoms with van der Waals surface area (Å²) in [6.45, 7) is 2.77. The fraction of sp³-hybridized carbons (Fsp3) is 0.500. The van der Waals surface area contributed by atoms with Crippen LogP contribution in [0.4, 0.5) is 0 Å². The first-order valence-corrected chi connectivity index (χ1v) is 6.14. The van der Waals surface area contributed by atoms with E-state index < -0.39 is 0 Å². The van der Waals surface area contributed by atoms with E-state index >= 15 is 0 Å². The van der Waals surface area contributed by atoms with Crippen molar-refractivity contribution < 1.29 is 4.74 Å². The van der Waals surface area contributed by atoms with E-state index in [9.17, 15) is 0 Å². The highest BCUT2D eigenvalue weighted by atomic mass is 79.9. The van der Waals surface area contributed by atoms with E-state index in [1.165, 1.54) is 0 Å². The molecule has 0 spiro atoms. The predicted molar refractivity (Wildman–Crippen MR) is 70.7 cm³/mol. The minimum atomic E-state index is 0.206. The zero-order chi connectivity index (χ0) is 12.1. The van der Waals surface area contributed by atoms with Gasteiger partial charge in [-0.2, -0.15) is 0 Å². The Labute approximate surface area is 105 Å². The lowest BCUT2D eigenvalue weighted by Gasteiger charge is -2.24. The molecule has 90 valence electrons. The smallest absolute Gasteiger partial charge is 0.123 e. The third-order valence-electron chi connectivity index (χ3n) is 2.78. The van der Waals surface area contributed by atoms with Crippen molar-refractivity contribution in [2.24, 2.45) is 11.7 Å². The van der Waals surface area contributed by atoms with Gasteiger partial charge in [-0.05, 0) is 37.7 Å². The molecule has 0 radical (unpaired) electrons. The standard InChI is InChI=1S/C12H19BrN2O/c1-8(7-14)12(15-2)10-6-9(13)4-5-11(10)16-3/h4-6,8,12,15H,7,14H2,1-3H3. The molecule has 3 nitrogen and oxygen atoms in total. The number of nitrogens with two attached hydrogens (primary N) is 1. The maximum atomic E-state index is 5.72. The molecule has 0 saturated carbocycles. The number of methoxy groups -OCH3 is 1. The molecular formula is C12H19BrN2O. The number of halogens is 1. The summed E-state index contributed by atoms with van der Waals surface area (Å²) in [6.07, 6.45) is 0. The van der Waals surface area contributed by atoms with Crippen molar-refractivity contribution in [3.8, 4) is 5.75 Å². The summed E-state index contributed by atoms with van der Waals surface area (Å²) in [6, 6.07) is 6.22. The van der Waals surface area contributed by atoms with E-state index in [2.05, 4.69) is 34.2 Å². The summed E-state index contributed by atoms with van der Waals surface area (Å²) in [5.74, 6) is 1.25. The molecule has 0 aliphatic heterocycles. The van der Waals surface area contributed by atoms with Crippen LogP contribution in [0.3, 0.4) is 0 Å². The minimum Gasteiger partial charge on any atom is -0.496 e. The second-order valence-electron chi connectivity index (χ2n) is 3.87. The van der Waals surface area contributed by atoms with Gasteiger partial charge in [0.2, 0.25) is 0 Å². The summed E-state index contributed by atoms with van der Waals surface area (Å²) in [5, 5.41) is 3.29. The molecule has 0 amide bonds. The number of hydrogen-bond acceptors (Lipinski definition) is 3. The van der Waals surface area contributed by atoms with Gasteiger partial charge in [-0.1, -0.05) is 22.9 Å². The van der Waals surface area contributed by atoms with Gasteiger partial charge in [0.15, 0.2) is 0 Å². The summed E-state index contributed by atoms with van der Waals surface area (Å²) >= 11 is 3.48. The second-order valence-corrected chi connectivity index (χ2v) is 4.78. The quantitative estimate of drug-likeness (QED) is 0.873. The molecule has 0 aliphatic rings. The van der Waals surface area contributed by atoms with Crippen molar-refractivity contribution in [2.75, 3.05) is 20.7 Å². The van der Waals surface area contributed by atoms with Crippen LogP contribution in [0, 0.1) is 5.92 Å². The third kappa shape index (κ3) is 2.97. The molecule has 0 bridgehead atoms. The van der Waals surface area contributed by atoms with Crippen molar-refractivity contribution in [1.29, 1.82) is 0 Å². The molecule has 4 heteroatoms. The summed E-state index contributed by atoms with van der Waals surface area (Å²) < 4.78 is 6.43. The number of rotatable bonds is 5. The predicted octanol–water partition coefficient (Wildman–Crippen LogP) is 2.31. The summed E-state index contributed by atoms with van der Waals surface area (Å²) in [4.78, 5) is 0. The van der Waals surface area contributed by atoms with Gasteiger partial charge in [-0.25, -0.2) is 0 Å². The van der Waals surface area contributed by atoms with E-state index in [-0.39, 0.29) is 6.04 Å². The molecule has 16 heavy (non-hydrogen) atoms. The first-order chi connectivity index (χ1) is 7.63. The maximum absolute atomic E-state index is 5.72. The Morgan fingerprint density at radius 2 is 2.19 bits per heavy atom.